The fraction of sp³-hybridized carbons (Fsp3) is 0.500. The molecule has 1 heterocycles. The van der Waals surface area contributed by atoms with Gasteiger partial charge in [-0.3, -0.25) is 0 Å². The molecule has 0 aromatic heterocycles. The van der Waals surface area contributed by atoms with E-state index >= 15 is 0 Å². The Balaban J connectivity index is 2.03. The molecule has 1 fully saturated rings. The van der Waals surface area contributed by atoms with Crippen molar-refractivity contribution in [2.24, 2.45) is 11.7 Å². The summed E-state index contributed by atoms with van der Waals surface area (Å²) >= 11 is 3.48. The maximum absolute atomic E-state index is 9.05. The number of nitrogens with two attached hydrogens (primary N) is 1. The Morgan fingerprint density at radius 3 is 3.06 bits per heavy atom. The van der Waals surface area contributed by atoms with Crippen LogP contribution in [0.25, 0.3) is 0 Å². The van der Waals surface area contributed by atoms with E-state index < -0.39 is 0 Å². The third-order valence-electron chi connectivity index (χ3n) is 3.21. The molecule has 4 heteroatoms. The fourth-order valence-electron chi connectivity index (χ4n) is 2.19. The SMILES string of the molecule is NC(CO)C1CCN(c2cccc(Br)c2)C1. The zero-order valence-electron chi connectivity index (χ0n) is 9.14. The molecule has 2 atom stereocenters. The molecule has 3 N–H and O–H groups in total. The Hall–Kier alpha value is -0.580. The van der Waals surface area contributed by atoms with Gasteiger partial charge in [0.25, 0.3) is 0 Å². The van der Waals surface area contributed by atoms with E-state index in [1.165, 1.54) is 5.69 Å². The highest BCUT2D eigenvalue weighted by atomic mass is 79.9. The standard InChI is InChI=1S/C12H17BrN2O/c13-10-2-1-3-11(6-10)15-5-4-9(7-15)12(14)8-16/h1-3,6,9,12,16H,4-5,7-8,14H2. The van der Waals surface area contributed by atoms with E-state index in [9.17, 15) is 0 Å². The van der Waals surface area contributed by atoms with E-state index in [1.54, 1.807) is 0 Å². The van der Waals surface area contributed by atoms with Crippen LogP contribution in [-0.4, -0.2) is 30.8 Å². The van der Waals surface area contributed by atoms with Crippen molar-refractivity contribution >= 4 is 21.6 Å². The number of hydrogen-bond acceptors (Lipinski definition) is 3. The summed E-state index contributed by atoms with van der Waals surface area (Å²) in [6, 6.07) is 8.21. The van der Waals surface area contributed by atoms with Gasteiger partial charge in [0.05, 0.1) is 6.61 Å². The van der Waals surface area contributed by atoms with Crippen LogP contribution in [0.5, 0.6) is 0 Å². The van der Waals surface area contributed by atoms with E-state index in [2.05, 4.69) is 33.0 Å². The number of aliphatic hydroxyl groups excluding tert-OH is 1. The number of nitrogens with zero attached hydrogens (tertiary/aromatic N) is 1. The third kappa shape index (κ3) is 2.56. The number of halogens is 1. The molecule has 0 aliphatic carbocycles. The van der Waals surface area contributed by atoms with Gasteiger partial charge in [-0.15, -0.1) is 0 Å². The molecule has 0 radical (unpaired) electrons. The van der Waals surface area contributed by atoms with Crippen molar-refractivity contribution in [3.8, 4) is 0 Å². The van der Waals surface area contributed by atoms with Gasteiger partial charge in [-0.1, -0.05) is 22.0 Å². The van der Waals surface area contributed by atoms with Crippen molar-refractivity contribution < 1.29 is 5.11 Å². The predicted molar refractivity (Wildman–Crippen MR) is 69.5 cm³/mol. The molecule has 2 unspecified atom stereocenters. The third-order valence-corrected chi connectivity index (χ3v) is 3.71. The monoisotopic (exact) mass is 284 g/mol. The molecule has 0 bridgehead atoms. The van der Waals surface area contributed by atoms with Crippen LogP contribution in [0.1, 0.15) is 6.42 Å². The minimum absolute atomic E-state index is 0.0803. The largest absolute Gasteiger partial charge is 0.395 e. The van der Waals surface area contributed by atoms with Gasteiger partial charge in [0, 0.05) is 29.3 Å². The minimum Gasteiger partial charge on any atom is -0.395 e. The normalized spacial score (nSPS) is 22.4. The number of anilines is 1. The average molecular weight is 285 g/mol. The highest BCUT2D eigenvalue weighted by Gasteiger charge is 2.27. The van der Waals surface area contributed by atoms with Gasteiger partial charge >= 0.3 is 0 Å². The Labute approximate surface area is 104 Å². The molecule has 3 nitrogen and oxygen atoms in total. The lowest BCUT2D eigenvalue weighted by Gasteiger charge is -2.20. The lowest BCUT2D eigenvalue weighted by Crippen LogP contribution is -2.35. The Kier molecular flexibility index (Phi) is 3.84. The maximum Gasteiger partial charge on any atom is 0.0585 e. The first-order valence-corrected chi connectivity index (χ1v) is 6.37. The molecule has 2 rings (SSSR count). The van der Waals surface area contributed by atoms with E-state index in [-0.39, 0.29) is 12.6 Å². The predicted octanol–water partition coefficient (Wildman–Crippen LogP) is 1.59. The van der Waals surface area contributed by atoms with Gasteiger partial charge in [-0.05, 0) is 30.5 Å². The number of aliphatic hydroxyl groups is 1. The molecule has 1 aromatic carbocycles. The van der Waals surface area contributed by atoms with Crippen LogP contribution in [0.4, 0.5) is 5.69 Å². The van der Waals surface area contributed by atoms with Crippen molar-refractivity contribution in [1.82, 2.24) is 0 Å². The van der Waals surface area contributed by atoms with E-state index in [1.807, 2.05) is 12.1 Å². The topological polar surface area (TPSA) is 49.5 Å². The lowest BCUT2D eigenvalue weighted by molar-refractivity contribution is 0.233. The first-order chi connectivity index (χ1) is 7.70. The number of benzene rings is 1. The highest BCUT2D eigenvalue weighted by molar-refractivity contribution is 9.10. The zero-order valence-corrected chi connectivity index (χ0v) is 10.7. The molecule has 0 saturated carbocycles. The van der Waals surface area contributed by atoms with Gasteiger partial charge in [0.2, 0.25) is 0 Å². The van der Waals surface area contributed by atoms with E-state index in [0.29, 0.717) is 5.92 Å². The van der Waals surface area contributed by atoms with Crippen molar-refractivity contribution in [3.63, 3.8) is 0 Å². The van der Waals surface area contributed by atoms with Gasteiger partial charge in [0.1, 0.15) is 0 Å². The average Bonchev–Trinajstić information content (AvgIpc) is 2.77. The molecule has 0 spiro atoms. The van der Waals surface area contributed by atoms with Crippen LogP contribution in [0, 0.1) is 5.92 Å². The Morgan fingerprint density at radius 1 is 1.56 bits per heavy atom. The summed E-state index contributed by atoms with van der Waals surface area (Å²) in [5.74, 6) is 0.406. The van der Waals surface area contributed by atoms with Crippen molar-refractivity contribution in [1.29, 1.82) is 0 Å². The number of rotatable bonds is 3. The van der Waals surface area contributed by atoms with Crippen LogP contribution in [0.15, 0.2) is 28.7 Å². The second-order valence-corrected chi connectivity index (χ2v) is 5.24. The molecule has 88 valence electrons. The summed E-state index contributed by atoms with van der Waals surface area (Å²) in [7, 11) is 0. The molecule has 16 heavy (non-hydrogen) atoms. The smallest absolute Gasteiger partial charge is 0.0585 e. The summed E-state index contributed by atoms with van der Waals surface area (Å²) in [4.78, 5) is 2.32. The minimum atomic E-state index is -0.0860. The van der Waals surface area contributed by atoms with Gasteiger partial charge < -0.3 is 15.7 Å². The van der Waals surface area contributed by atoms with Crippen LogP contribution >= 0.6 is 15.9 Å². The van der Waals surface area contributed by atoms with Crippen LogP contribution in [0.2, 0.25) is 0 Å². The van der Waals surface area contributed by atoms with E-state index in [0.717, 1.165) is 24.0 Å². The molecule has 1 aliphatic heterocycles. The van der Waals surface area contributed by atoms with Crippen LogP contribution in [0.3, 0.4) is 0 Å². The van der Waals surface area contributed by atoms with Gasteiger partial charge in [0.15, 0.2) is 0 Å². The fourth-order valence-corrected chi connectivity index (χ4v) is 2.58. The van der Waals surface area contributed by atoms with Crippen molar-refractivity contribution in [2.75, 3.05) is 24.6 Å². The molecular formula is C12H17BrN2O. The first-order valence-electron chi connectivity index (χ1n) is 5.57. The van der Waals surface area contributed by atoms with E-state index in [4.69, 9.17) is 10.8 Å². The Bertz CT molecular complexity index is 359. The maximum atomic E-state index is 9.05. The first kappa shape index (κ1) is 11.9. The Morgan fingerprint density at radius 2 is 2.38 bits per heavy atom. The molecule has 0 amide bonds. The second kappa shape index (κ2) is 5.17. The summed E-state index contributed by atoms with van der Waals surface area (Å²) in [5, 5.41) is 9.05. The summed E-state index contributed by atoms with van der Waals surface area (Å²) in [6.45, 7) is 2.05. The van der Waals surface area contributed by atoms with Gasteiger partial charge in [-0.25, -0.2) is 0 Å². The number of hydrogen-bond donors (Lipinski definition) is 2. The van der Waals surface area contributed by atoms with Crippen LogP contribution in [-0.2, 0) is 0 Å². The zero-order chi connectivity index (χ0) is 11.5. The van der Waals surface area contributed by atoms with Crippen molar-refractivity contribution in [3.05, 3.63) is 28.7 Å². The quantitative estimate of drug-likeness (QED) is 0.887. The second-order valence-electron chi connectivity index (χ2n) is 4.32. The molecule has 1 aliphatic rings. The van der Waals surface area contributed by atoms with Gasteiger partial charge in [-0.2, -0.15) is 0 Å². The lowest BCUT2D eigenvalue weighted by atomic mass is 10.0. The summed E-state index contributed by atoms with van der Waals surface area (Å²) in [5.41, 5.74) is 7.09. The highest BCUT2D eigenvalue weighted by Crippen LogP contribution is 2.27. The molecule has 1 saturated heterocycles. The van der Waals surface area contributed by atoms with Crippen LogP contribution < -0.4 is 10.6 Å². The van der Waals surface area contributed by atoms with Crippen molar-refractivity contribution in [2.45, 2.75) is 12.5 Å². The molecular weight excluding hydrogens is 268 g/mol. The molecule has 1 aromatic rings. The summed E-state index contributed by atoms with van der Waals surface area (Å²) < 4.78 is 1.10. The summed E-state index contributed by atoms with van der Waals surface area (Å²) in [6.07, 6.45) is 1.06.